The molecule has 0 aromatic heterocycles. The molecule has 3 aromatic rings. The van der Waals surface area contributed by atoms with Crippen molar-refractivity contribution in [3.05, 3.63) is 94.6 Å². The SMILES string of the molecule is CCOc1ccc([C@H]2/C(=C(\O)c3ccc(OCc4ccccc4)cc3C)C(=O)C(=O)N2CCOC)cc1OC. The average Bonchev–Trinajstić information content (AvgIpc) is 3.20. The largest absolute Gasteiger partial charge is 0.507 e. The number of amides is 1. The van der Waals surface area contributed by atoms with E-state index in [0.29, 0.717) is 47.2 Å². The maximum Gasteiger partial charge on any atom is 0.295 e. The van der Waals surface area contributed by atoms with E-state index in [4.69, 9.17) is 18.9 Å². The van der Waals surface area contributed by atoms with E-state index < -0.39 is 17.7 Å². The molecule has 8 nitrogen and oxygen atoms in total. The predicted molar refractivity (Wildman–Crippen MR) is 147 cm³/mol. The first-order chi connectivity index (χ1) is 18.9. The van der Waals surface area contributed by atoms with Crippen LogP contribution in [-0.2, 0) is 20.9 Å². The molecule has 1 aliphatic rings. The zero-order chi connectivity index (χ0) is 27.9. The molecule has 4 rings (SSSR count). The van der Waals surface area contributed by atoms with E-state index >= 15 is 0 Å². The van der Waals surface area contributed by atoms with Crippen molar-refractivity contribution in [3.8, 4) is 17.2 Å². The second-order valence-corrected chi connectivity index (χ2v) is 9.08. The van der Waals surface area contributed by atoms with Crippen molar-refractivity contribution in [1.29, 1.82) is 0 Å². The van der Waals surface area contributed by atoms with Gasteiger partial charge in [0.1, 0.15) is 18.1 Å². The van der Waals surface area contributed by atoms with Gasteiger partial charge in [0.2, 0.25) is 0 Å². The molecule has 39 heavy (non-hydrogen) atoms. The molecule has 204 valence electrons. The molecular weight excluding hydrogens is 498 g/mol. The van der Waals surface area contributed by atoms with Gasteiger partial charge in [0.25, 0.3) is 11.7 Å². The van der Waals surface area contributed by atoms with Gasteiger partial charge in [-0.15, -0.1) is 0 Å². The van der Waals surface area contributed by atoms with E-state index in [-0.39, 0.29) is 24.5 Å². The Morgan fingerprint density at radius 3 is 2.38 bits per heavy atom. The Balaban J connectivity index is 1.74. The molecule has 3 aromatic carbocycles. The lowest BCUT2D eigenvalue weighted by Gasteiger charge is -2.26. The zero-order valence-corrected chi connectivity index (χ0v) is 22.6. The van der Waals surface area contributed by atoms with Crippen LogP contribution in [0.15, 0.2) is 72.3 Å². The lowest BCUT2D eigenvalue weighted by Crippen LogP contribution is -2.32. The van der Waals surface area contributed by atoms with Gasteiger partial charge < -0.3 is 29.0 Å². The van der Waals surface area contributed by atoms with Crippen LogP contribution in [-0.4, -0.2) is 55.7 Å². The van der Waals surface area contributed by atoms with Crippen LogP contribution in [0.4, 0.5) is 0 Å². The third-order valence-electron chi connectivity index (χ3n) is 6.58. The lowest BCUT2D eigenvalue weighted by molar-refractivity contribution is -0.140. The van der Waals surface area contributed by atoms with Crippen LogP contribution in [0.1, 0.15) is 35.2 Å². The summed E-state index contributed by atoms with van der Waals surface area (Å²) in [5.41, 5.74) is 2.78. The fourth-order valence-electron chi connectivity index (χ4n) is 4.65. The van der Waals surface area contributed by atoms with Crippen molar-refractivity contribution in [2.24, 2.45) is 0 Å². The van der Waals surface area contributed by atoms with Gasteiger partial charge in [-0.2, -0.15) is 0 Å². The van der Waals surface area contributed by atoms with E-state index in [1.165, 1.54) is 19.1 Å². The minimum atomic E-state index is -0.835. The summed E-state index contributed by atoms with van der Waals surface area (Å²) in [4.78, 5) is 27.8. The molecule has 0 radical (unpaired) electrons. The summed E-state index contributed by atoms with van der Waals surface area (Å²) in [6.07, 6.45) is 0. The topological polar surface area (TPSA) is 94.5 Å². The summed E-state index contributed by atoms with van der Waals surface area (Å²) in [6.45, 7) is 4.93. The Morgan fingerprint density at radius 1 is 0.949 bits per heavy atom. The van der Waals surface area contributed by atoms with Gasteiger partial charge in [-0.1, -0.05) is 36.4 Å². The van der Waals surface area contributed by atoms with Crippen LogP contribution in [0, 0.1) is 6.92 Å². The Labute approximate surface area is 228 Å². The lowest BCUT2D eigenvalue weighted by atomic mass is 9.93. The van der Waals surface area contributed by atoms with E-state index in [2.05, 4.69) is 0 Å². The van der Waals surface area contributed by atoms with Gasteiger partial charge in [0.05, 0.1) is 31.9 Å². The van der Waals surface area contributed by atoms with Crippen LogP contribution in [0.2, 0.25) is 0 Å². The molecule has 0 unspecified atom stereocenters. The summed E-state index contributed by atoms with van der Waals surface area (Å²) in [6, 6.07) is 19.4. The highest BCUT2D eigenvalue weighted by Crippen LogP contribution is 2.42. The molecule has 0 bridgehead atoms. The number of Topliss-reactive ketones (excluding diaryl/α,β-unsaturated/α-hetero) is 1. The third-order valence-corrected chi connectivity index (χ3v) is 6.58. The van der Waals surface area contributed by atoms with E-state index in [1.807, 2.05) is 44.2 Å². The predicted octanol–water partition coefficient (Wildman–Crippen LogP) is 5.05. The van der Waals surface area contributed by atoms with Crippen LogP contribution >= 0.6 is 0 Å². The molecule has 1 heterocycles. The van der Waals surface area contributed by atoms with Gasteiger partial charge in [0.15, 0.2) is 11.5 Å². The highest BCUT2D eigenvalue weighted by atomic mass is 16.5. The maximum atomic E-state index is 13.3. The molecule has 1 aliphatic heterocycles. The molecule has 0 saturated carbocycles. The summed E-state index contributed by atoms with van der Waals surface area (Å²) in [5, 5.41) is 11.5. The first-order valence-corrected chi connectivity index (χ1v) is 12.7. The molecule has 1 amide bonds. The van der Waals surface area contributed by atoms with Gasteiger partial charge in [-0.25, -0.2) is 0 Å². The molecule has 0 aliphatic carbocycles. The van der Waals surface area contributed by atoms with Crippen molar-refractivity contribution >= 4 is 17.4 Å². The van der Waals surface area contributed by atoms with E-state index in [1.54, 1.807) is 36.4 Å². The van der Waals surface area contributed by atoms with E-state index in [9.17, 15) is 14.7 Å². The fourth-order valence-corrected chi connectivity index (χ4v) is 4.65. The Kier molecular flexibility index (Phi) is 8.88. The normalized spacial score (nSPS) is 16.4. The quantitative estimate of drug-likeness (QED) is 0.210. The molecular formula is C31H33NO7. The summed E-state index contributed by atoms with van der Waals surface area (Å²) >= 11 is 0. The smallest absolute Gasteiger partial charge is 0.295 e. The number of likely N-dealkylation sites (tertiary alicyclic amines) is 1. The molecule has 8 heteroatoms. The van der Waals surface area contributed by atoms with Crippen LogP contribution in [0.5, 0.6) is 17.2 Å². The first kappa shape index (κ1) is 27.7. The molecule has 0 spiro atoms. The Hall–Kier alpha value is -4.30. The van der Waals surface area contributed by atoms with Gasteiger partial charge in [-0.05, 0) is 60.9 Å². The third kappa shape index (κ3) is 5.91. The Bertz CT molecular complexity index is 1370. The number of benzene rings is 3. The second kappa shape index (κ2) is 12.5. The summed E-state index contributed by atoms with van der Waals surface area (Å²) < 4.78 is 22.2. The number of hydrogen-bond acceptors (Lipinski definition) is 7. The fraction of sp³-hybridized carbons (Fsp3) is 0.290. The number of nitrogens with zero attached hydrogens (tertiary/aromatic N) is 1. The van der Waals surface area contributed by atoms with Crippen molar-refractivity contribution < 1.29 is 33.6 Å². The number of aliphatic hydroxyl groups is 1. The van der Waals surface area contributed by atoms with Crippen LogP contribution < -0.4 is 14.2 Å². The minimum Gasteiger partial charge on any atom is -0.507 e. The van der Waals surface area contributed by atoms with Crippen LogP contribution in [0.3, 0.4) is 0 Å². The highest BCUT2D eigenvalue weighted by molar-refractivity contribution is 6.46. The number of carbonyl (C=O) groups excluding carboxylic acids is 2. The van der Waals surface area contributed by atoms with Gasteiger partial charge in [-0.3, -0.25) is 9.59 Å². The summed E-state index contributed by atoms with van der Waals surface area (Å²) in [7, 11) is 3.05. The molecule has 1 atom stereocenters. The van der Waals surface area contributed by atoms with Gasteiger partial charge >= 0.3 is 0 Å². The number of ether oxygens (including phenoxy) is 4. The minimum absolute atomic E-state index is 0.00312. The molecule has 1 fully saturated rings. The number of rotatable bonds is 11. The van der Waals surface area contributed by atoms with Crippen molar-refractivity contribution in [1.82, 2.24) is 4.90 Å². The van der Waals surface area contributed by atoms with Crippen molar-refractivity contribution in [3.63, 3.8) is 0 Å². The Morgan fingerprint density at radius 2 is 1.72 bits per heavy atom. The monoisotopic (exact) mass is 531 g/mol. The standard InChI is InChI=1S/C31H33NO7/c1-5-38-25-14-11-22(18-26(25)37-4)28-27(30(34)31(35)32(28)15-16-36-3)29(33)24-13-12-23(17-20(24)2)39-19-21-9-7-6-8-10-21/h6-14,17-18,28,33H,5,15-16,19H2,1-4H3/b29-27+/t28-/m0/s1. The van der Waals surface area contributed by atoms with Crippen LogP contribution in [0.25, 0.3) is 5.76 Å². The van der Waals surface area contributed by atoms with Crippen molar-refractivity contribution in [2.75, 3.05) is 34.0 Å². The summed E-state index contributed by atoms with van der Waals surface area (Å²) in [5.74, 6) is -0.0843. The van der Waals surface area contributed by atoms with E-state index in [0.717, 1.165) is 5.56 Å². The average molecular weight is 532 g/mol. The number of hydrogen-bond donors (Lipinski definition) is 1. The second-order valence-electron chi connectivity index (χ2n) is 9.08. The number of methoxy groups -OCH3 is 2. The first-order valence-electron chi connectivity index (χ1n) is 12.7. The zero-order valence-electron chi connectivity index (χ0n) is 22.6. The molecule has 1 saturated heterocycles. The number of aryl methyl sites for hydroxylation is 1. The molecule has 1 N–H and O–H groups in total. The number of aliphatic hydroxyl groups excluding tert-OH is 1. The van der Waals surface area contributed by atoms with Gasteiger partial charge in [0, 0.05) is 19.2 Å². The number of ketones is 1. The maximum absolute atomic E-state index is 13.3. The van der Waals surface area contributed by atoms with Crippen molar-refractivity contribution in [2.45, 2.75) is 26.5 Å². The highest BCUT2D eigenvalue weighted by Gasteiger charge is 2.46. The number of carbonyl (C=O) groups is 2.